The molecule has 0 aliphatic heterocycles. The van der Waals surface area contributed by atoms with Gasteiger partial charge in [-0.3, -0.25) is 4.79 Å². The highest BCUT2D eigenvalue weighted by atomic mass is 16.3. The lowest BCUT2D eigenvalue weighted by Gasteiger charge is -2.05. The first-order valence-electron chi connectivity index (χ1n) is 6.71. The third-order valence-electron chi connectivity index (χ3n) is 3.12. The number of phenolic OH excluding ortho intramolecular Hbond substituents is 1. The molecule has 0 aliphatic carbocycles. The molecule has 21 heavy (non-hydrogen) atoms. The summed E-state index contributed by atoms with van der Waals surface area (Å²) < 4.78 is 0. The Hall–Kier alpha value is -2.62. The number of hydrazone groups is 1. The number of nitrogens with zero attached hydrogens (tertiary/aromatic N) is 1. The molecule has 0 saturated carbocycles. The van der Waals surface area contributed by atoms with Crippen LogP contribution < -0.4 is 5.43 Å². The second-order valence-electron chi connectivity index (χ2n) is 4.99. The Labute approximate surface area is 124 Å². The fourth-order valence-corrected chi connectivity index (χ4v) is 2.04. The van der Waals surface area contributed by atoms with Crippen molar-refractivity contribution >= 4 is 12.1 Å². The maximum Gasteiger partial charge on any atom is 0.244 e. The highest BCUT2D eigenvalue weighted by Gasteiger charge is 2.05. The van der Waals surface area contributed by atoms with Gasteiger partial charge in [-0.2, -0.15) is 5.10 Å². The minimum Gasteiger partial charge on any atom is -0.508 e. The second-order valence-corrected chi connectivity index (χ2v) is 4.99. The molecular formula is C17H18N2O2. The van der Waals surface area contributed by atoms with Gasteiger partial charge < -0.3 is 5.11 Å². The van der Waals surface area contributed by atoms with Crippen molar-refractivity contribution in [2.24, 2.45) is 5.10 Å². The third kappa shape index (κ3) is 4.45. The lowest BCUT2D eigenvalue weighted by molar-refractivity contribution is -0.120. The van der Waals surface area contributed by atoms with Crippen LogP contribution in [0.25, 0.3) is 0 Å². The van der Waals surface area contributed by atoms with Crippen molar-refractivity contribution in [1.29, 1.82) is 0 Å². The number of nitrogens with one attached hydrogen (secondary N) is 1. The normalized spacial score (nSPS) is 10.8. The lowest BCUT2D eigenvalue weighted by Crippen LogP contribution is -2.20. The lowest BCUT2D eigenvalue weighted by atomic mass is 10.0. The Morgan fingerprint density at radius 3 is 2.76 bits per heavy atom. The second kappa shape index (κ2) is 6.70. The number of carbonyl (C=O) groups excluding carboxylic acids is 1. The molecule has 4 heteroatoms. The first-order chi connectivity index (χ1) is 10.0. The molecule has 2 aromatic rings. The fraction of sp³-hybridized carbons (Fsp3) is 0.176. The number of hydrogen-bond acceptors (Lipinski definition) is 3. The number of aromatic hydroxyl groups is 1. The minimum absolute atomic E-state index is 0.167. The zero-order valence-corrected chi connectivity index (χ0v) is 12.1. The molecule has 0 fully saturated rings. The van der Waals surface area contributed by atoms with E-state index in [-0.39, 0.29) is 11.7 Å². The van der Waals surface area contributed by atoms with E-state index in [2.05, 4.69) is 16.6 Å². The maximum atomic E-state index is 11.8. The van der Waals surface area contributed by atoms with Crippen molar-refractivity contribution in [2.45, 2.75) is 20.3 Å². The SMILES string of the molecule is Cc1ccc(CC(=O)N/N=C\c2cccc(O)c2)c(C)c1. The Morgan fingerprint density at radius 2 is 2.05 bits per heavy atom. The van der Waals surface area contributed by atoms with Crippen molar-refractivity contribution in [3.05, 3.63) is 64.7 Å². The van der Waals surface area contributed by atoms with E-state index in [4.69, 9.17) is 0 Å². The van der Waals surface area contributed by atoms with Gasteiger partial charge in [0, 0.05) is 0 Å². The van der Waals surface area contributed by atoms with Crippen LogP contribution in [-0.2, 0) is 11.2 Å². The predicted molar refractivity (Wildman–Crippen MR) is 83.5 cm³/mol. The number of hydrogen-bond donors (Lipinski definition) is 2. The average molecular weight is 282 g/mol. The van der Waals surface area contributed by atoms with Gasteiger partial charge in [-0.15, -0.1) is 0 Å². The van der Waals surface area contributed by atoms with E-state index in [0.29, 0.717) is 6.42 Å². The van der Waals surface area contributed by atoms with E-state index in [0.717, 1.165) is 16.7 Å². The van der Waals surface area contributed by atoms with Crippen LogP contribution in [0.4, 0.5) is 0 Å². The molecular weight excluding hydrogens is 264 g/mol. The van der Waals surface area contributed by atoms with Crippen LogP contribution in [0.3, 0.4) is 0 Å². The van der Waals surface area contributed by atoms with Gasteiger partial charge in [0.15, 0.2) is 0 Å². The number of carbonyl (C=O) groups is 1. The summed E-state index contributed by atoms with van der Waals surface area (Å²) in [5, 5.41) is 13.2. The van der Waals surface area contributed by atoms with Gasteiger partial charge in [0.05, 0.1) is 12.6 Å². The Balaban J connectivity index is 1.93. The van der Waals surface area contributed by atoms with Gasteiger partial charge in [-0.05, 0) is 42.7 Å². The number of benzene rings is 2. The molecule has 0 spiro atoms. The molecule has 0 saturated heterocycles. The monoisotopic (exact) mass is 282 g/mol. The summed E-state index contributed by atoms with van der Waals surface area (Å²) in [5.74, 6) is -0.00101. The quantitative estimate of drug-likeness (QED) is 0.669. The topological polar surface area (TPSA) is 61.7 Å². The van der Waals surface area contributed by atoms with Crippen LogP contribution >= 0.6 is 0 Å². The zero-order chi connectivity index (χ0) is 15.2. The molecule has 2 aromatic carbocycles. The first kappa shape index (κ1) is 14.8. The van der Waals surface area contributed by atoms with Crippen LogP contribution in [0.1, 0.15) is 22.3 Å². The van der Waals surface area contributed by atoms with Gasteiger partial charge in [0.25, 0.3) is 0 Å². The fourth-order valence-electron chi connectivity index (χ4n) is 2.04. The van der Waals surface area contributed by atoms with E-state index < -0.39 is 0 Å². The first-order valence-corrected chi connectivity index (χ1v) is 6.71. The summed E-state index contributed by atoms with van der Waals surface area (Å²) in [7, 11) is 0. The summed E-state index contributed by atoms with van der Waals surface area (Å²) in [6, 6.07) is 12.7. The highest BCUT2D eigenvalue weighted by Crippen LogP contribution is 2.11. The number of rotatable bonds is 4. The minimum atomic E-state index is -0.168. The average Bonchev–Trinajstić information content (AvgIpc) is 2.42. The third-order valence-corrected chi connectivity index (χ3v) is 3.12. The van der Waals surface area contributed by atoms with Crippen molar-refractivity contribution in [3.8, 4) is 5.75 Å². The Morgan fingerprint density at radius 1 is 1.24 bits per heavy atom. The summed E-state index contributed by atoms with van der Waals surface area (Å²) in [6.45, 7) is 4.02. The molecule has 0 bridgehead atoms. The maximum absolute atomic E-state index is 11.8. The summed E-state index contributed by atoms with van der Waals surface area (Å²) in [6.07, 6.45) is 1.79. The smallest absolute Gasteiger partial charge is 0.244 e. The van der Waals surface area contributed by atoms with E-state index in [9.17, 15) is 9.90 Å². The standard InChI is InChI=1S/C17H18N2O2/c1-12-6-7-15(13(2)8-12)10-17(21)19-18-11-14-4-3-5-16(20)9-14/h3-9,11,20H,10H2,1-2H3,(H,19,21)/b18-11-. The Kier molecular flexibility index (Phi) is 4.72. The van der Waals surface area contributed by atoms with Crippen molar-refractivity contribution < 1.29 is 9.90 Å². The molecule has 4 nitrogen and oxygen atoms in total. The van der Waals surface area contributed by atoms with E-state index in [1.807, 2.05) is 26.0 Å². The van der Waals surface area contributed by atoms with Crippen molar-refractivity contribution in [3.63, 3.8) is 0 Å². The van der Waals surface area contributed by atoms with Crippen LogP contribution in [0.2, 0.25) is 0 Å². The van der Waals surface area contributed by atoms with Gasteiger partial charge in [-0.25, -0.2) is 5.43 Å². The largest absolute Gasteiger partial charge is 0.508 e. The summed E-state index contributed by atoms with van der Waals surface area (Å²) >= 11 is 0. The molecule has 0 radical (unpaired) electrons. The molecule has 1 amide bonds. The highest BCUT2D eigenvalue weighted by molar-refractivity contribution is 5.83. The molecule has 2 N–H and O–H groups in total. The zero-order valence-electron chi connectivity index (χ0n) is 12.1. The van der Waals surface area contributed by atoms with E-state index in [1.165, 1.54) is 11.8 Å². The van der Waals surface area contributed by atoms with Crippen LogP contribution in [0.5, 0.6) is 5.75 Å². The number of phenols is 1. The van der Waals surface area contributed by atoms with Gasteiger partial charge in [-0.1, -0.05) is 35.9 Å². The van der Waals surface area contributed by atoms with Gasteiger partial charge in [0.2, 0.25) is 5.91 Å². The molecule has 0 atom stereocenters. The number of amides is 1. The van der Waals surface area contributed by atoms with Gasteiger partial charge >= 0.3 is 0 Å². The Bertz CT molecular complexity index is 678. The van der Waals surface area contributed by atoms with Crippen LogP contribution in [0, 0.1) is 13.8 Å². The molecule has 0 aliphatic rings. The molecule has 2 rings (SSSR count). The molecule has 0 aromatic heterocycles. The molecule has 0 heterocycles. The number of aryl methyl sites for hydroxylation is 2. The molecule has 0 unspecified atom stereocenters. The van der Waals surface area contributed by atoms with E-state index in [1.54, 1.807) is 24.3 Å². The van der Waals surface area contributed by atoms with Crippen LogP contribution in [-0.4, -0.2) is 17.2 Å². The van der Waals surface area contributed by atoms with Gasteiger partial charge in [0.1, 0.15) is 5.75 Å². The van der Waals surface area contributed by atoms with E-state index >= 15 is 0 Å². The molecule has 108 valence electrons. The summed E-state index contributed by atoms with van der Waals surface area (Å²) in [4.78, 5) is 11.8. The van der Waals surface area contributed by atoms with Crippen molar-refractivity contribution in [1.82, 2.24) is 5.43 Å². The van der Waals surface area contributed by atoms with Crippen LogP contribution in [0.15, 0.2) is 47.6 Å². The van der Waals surface area contributed by atoms with Crippen molar-refractivity contribution in [2.75, 3.05) is 0 Å². The summed E-state index contributed by atoms with van der Waals surface area (Å²) in [5.41, 5.74) is 6.48. The predicted octanol–water partition coefficient (Wildman–Crippen LogP) is 2.70.